The fraction of sp³-hybridized carbons (Fsp3) is 0.333. The number of carbonyl (C=O) groups is 1. The largest absolute Gasteiger partial charge is 0.352 e. The van der Waals surface area contributed by atoms with Crippen LogP contribution in [0.1, 0.15) is 44.9 Å². The normalized spacial score (nSPS) is 14.2. The summed E-state index contributed by atoms with van der Waals surface area (Å²) >= 11 is 0. The Hall–Kier alpha value is -1.90. The molecule has 96 valence electrons. The van der Waals surface area contributed by atoms with Gasteiger partial charge in [-0.15, -0.1) is 0 Å². The first kappa shape index (κ1) is 14.2. The van der Waals surface area contributed by atoms with Crippen molar-refractivity contribution in [2.75, 3.05) is 0 Å². The van der Waals surface area contributed by atoms with E-state index in [1.165, 1.54) is 0 Å². The molecule has 0 unspecified atom stereocenters. The topological polar surface area (TPSA) is 41.5 Å². The van der Waals surface area contributed by atoms with Crippen LogP contribution in [-0.2, 0) is 4.79 Å². The van der Waals surface area contributed by atoms with E-state index in [-0.39, 0.29) is 6.04 Å². The molecule has 1 atom stereocenters. The number of aliphatic imine (C=N–C) groups is 1. The third-order valence-corrected chi connectivity index (χ3v) is 3.03. The average molecular weight is 244 g/mol. The molecule has 0 aliphatic carbocycles. The molecule has 18 heavy (non-hydrogen) atoms. The van der Waals surface area contributed by atoms with E-state index in [1.54, 1.807) is 6.21 Å². The van der Waals surface area contributed by atoms with Crippen LogP contribution in [0.3, 0.4) is 0 Å². The molecule has 0 saturated heterocycles. The lowest BCUT2D eigenvalue weighted by Crippen LogP contribution is -2.15. The van der Waals surface area contributed by atoms with Gasteiger partial charge in [-0.25, -0.2) is 0 Å². The Bertz CT molecular complexity index is 458. The third-order valence-electron chi connectivity index (χ3n) is 3.03. The fourth-order valence-electron chi connectivity index (χ4n) is 1.72. The van der Waals surface area contributed by atoms with Gasteiger partial charge in [-0.2, -0.15) is 0 Å². The van der Waals surface area contributed by atoms with Crippen LogP contribution in [0.4, 0.5) is 0 Å². The predicted octanol–water partition coefficient (Wildman–Crippen LogP) is 3.34. The zero-order valence-electron chi connectivity index (χ0n) is 11.4. The molecule has 0 spiro atoms. The summed E-state index contributed by atoms with van der Waals surface area (Å²) in [4.78, 5) is 14.7. The first-order chi connectivity index (χ1) is 8.60. The Kier molecular flexibility index (Phi) is 5.31. The van der Waals surface area contributed by atoms with Crippen molar-refractivity contribution in [2.45, 2.75) is 33.7 Å². The van der Waals surface area contributed by atoms with Crippen LogP contribution in [0.25, 0.3) is 5.57 Å². The maximum absolute atomic E-state index is 10.4. The molecule has 1 amide bonds. The van der Waals surface area contributed by atoms with Gasteiger partial charge in [0.25, 0.3) is 0 Å². The number of allylic oxidation sites excluding steroid dienone is 2. The quantitative estimate of drug-likeness (QED) is 0.626. The number of nitrogens with one attached hydrogen (secondary N) is 1. The number of carbonyl (C=O) groups excluding carboxylic acids is 1. The molecular formula is C15H20N2O. The van der Waals surface area contributed by atoms with E-state index in [1.807, 2.05) is 32.9 Å². The average Bonchev–Trinajstić information content (AvgIpc) is 2.38. The smallest absolute Gasteiger partial charge is 0.207 e. The second-order valence-electron chi connectivity index (χ2n) is 4.23. The number of rotatable bonds is 5. The highest BCUT2D eigenvalue weighted by Gasteiger charge is 2.04. The highest BCUT2D eigenvalue weighted by atomic mass is 16.1. The minimum Gasteiger partial charge on any atom is -0.352 e. The fourth-order valence-corrected chi connectivity index (χ4v) is 1.72. The molecule has 0 heterocycles. The van der Waals surface area contributed by atoms with Gasteiger partial charge in [0.05, 0.1) is 6.04 Å². The first-order valence-corrected chi connectivity index (χ1v) is 6.06. The summed E-state index contributed by atoms with van der Waals surface area (Å²) in [6.45, 7) is 7.93. The summed E-state index contributed by atoms with van der Waals surface area (Å²) in [7, 11) is 0. The molecule has 3 nitrogen and oxygen atoms in total. The van der Waals surface area contributed by atoms with Gasteiger partial charge in [-0.1, -0.05) is 24.3 Å². The van der Waals surface area contributed by atoms with Crippen molar-refractivity contribution in [1.82, 2.24) is 5.32 Å². The summed E-state index contributed by atoms with van der Waals surface area (Å²) < 4.78 is 0. The maximum atomic E-state index is 10.4. The summed E-state index contributed by atoms with van der Waals surface area (Å²) in [5.41, 5.74) is 4.43. The van der Waals surface area contributed by atoms with E-state index in [4.69, 9.17) is 0 Å². The van der Waals surface area contributed by atoms with Crippen LogP contribution in [0.2, 0.25) is 0 Å². The predicted molar refractivity (Wildman–Crippen MR) is 76.5 cm³/mol. The Morgan fingerprint density at radius 2 is 1.89 bits per heavy atom. The molecule has 0 aliphatic heterocycles. The van der Waals surface area contributed by atoms with Crippen molar-refractivity contribution in [3.63, 3.8) is 0 Å². The van der Waals surface area contributed by atoms with Gasteiger partial charge < -0.3 is 5.32 Å². The molecule has 1 N–H and O–H groups in total. The standard InChI is InChI=1S/C15H20N2O/c1-5-16-12(3)11(2)14-6-8-15(9-7-14)13(4)17-10-18/h5-10,13H,1-4H3,(H,17,18)/b12-11+,16-5?/t13-/m0/s1. The van der Waals surface area contributed by atoms with E-state index < -0.39 is 0 Å². The Labute approximate surface area is 109 Å². The summed E-state index contributed by atoms with van der Waals surface area (Å²) in [5, 5.41) is 2.74. The van der Waals surface area contributed by atoms with Gasteiger partial charge in [0.1, 0.15) is 0 Å². The number of hydrogen-bond donors (Lipinski definition) is 1. The summed E-state index contributed by atoms with van der Waals surface area (Å²) in [6, 6.07) is 8.21. The van der Waals surface area contributed by atoms with Crippen LogP contribution >= 0.6 is 0 Å². The van der Waals surface area contributed by atoms with Crippen molar-refractivity contribution < 1.29 is 4.79 Å². The van der Waals surface area contributed by atoms with Gasteiger partial charge in [0.2, 0.25) is 6.41 Å². The molecule has 1 aromatic rings. The second-order valence-corrected chi connectivity index (χ2v) is 4.23. The first-order valence-electron chi connectivity index (χ1n) is 6.06. The minimum absolute atomic E-state index is 0.0376. The molecule has 0 fully saturated rings. The molecule has 0 bridgehead atoms. The third kappa shape index (κ3) is 3.55. The van der Waals surface area contributed by atoms with E-state index in [0.29, 0.717) is 0 Å². The number of hydrogen-bond acceptors (Lipinski definition) is 2. The van der Waals surface area contributed by atoms with E-state index >= 15 is 0 Å². The van der Waals surface area contributed by atoms with Crippen molar-refractivity contribution in [1.29, 1.82) is 0 Å². The van der Waals surface area contributed by atoms with Gasteiger partial charge in [0.15, 0.2) is 0 Å². The van der Waals surface area contributed by atoms with Gasteiger partial charge in [0, 0.05) is 11.9 Å². The zero-order valence-corrected chi connectivity index (χ0v) is 11.4. The molecule has 3 heteroatoms. The SMILES string of the molecule is CC=N/C(C)=C(\C)c1ccc([C@H](C)NC=O)cc1. The van der Waals surface area contributed by atoms with Crippen molar-refractivity contribution >= 4 is 18.2 Å². The van der Waals surface area contributed by atoms with Crippen LogP contribution in [0, 0.1) is 0 Å². The Morgan fingerprint density at radius 3 is 2.39 bits per heavy atom. The molecule has 1 aromatic carbocycles. The monoisotopic (exact) mass is 244 g/mol. The van der Waals surface area contributed by atoms with Crippen molar-refractivity contribution in [3.8, 4) is 0 Å². The molecule has 0 aromatic heterocycles. The number of amides is 1. The van der Waals surface area contributed by atoms with Gasteiger partial charge in [-0.05, 0) is 44.4 Å². The molecule has 1 rings (SSSR count). The van der Waals surface area contributed by atoms with Gasteiger partial charge >= 0.3 is 0 Å². The highest BCUT2D eigenvalue weighted by Crippen LogP contribution is 2.21. The summed E-state index contributed by atoms with van der Waals surface area (Å²) in [6.07, 6.45) is 2.52. The lowest BCUT2D eigenvalue weighted by molar-refractivity contribution is -0.110. The zero-order chi connectivity index (χ0) is 13.5. The lowest BCUT2D eigenvalue weighted by Gasteiger charge is -2.11. The molecule has 0 radical (unpaired) electrons. The second kappa shape index (κ2) is 6.74. The molecule has 0 aliphatic rings. The highest BCUT2D eigenvalue weighted by molar-refractivity contribution is 5.69. The van der Waals surface area contributed by atoms with E-state index in [0.717, 1.165) is 28.8 Å². The minimum atomic E-state index is 0.0376. The summed E-state index contributed by atoms with van der Waals surface area (Å²) in [5.74, 6) is 0. The Morgan fingerprint density at radius 1 is 1.28 bits per heavy atom. The maximum Gasteiger partial charge on any atom is 0.207 e. The van der Waals surface area contributed by atoms with Gasteiger partial charge in [-0.3, -0.25) is 9.79 Å². The lowest BCUT2D eigenvalue weighted by atomic mass is 10.0. The Balaban J connectivity index is 2.95. The number of nitrogens with zero attached hydrogens (tertiary/aromatic N) is 1. The van der Waals surface area contributed by atoms with E-state index in [2.05, 4.69) is 29.4 Å². The van der Waals surface area contributed by atoms with Crippen LogP contribution in [0.5, 0.6) is 0 Å². The van der Waals surface area contributed by atoms with Crippen molar-refractivity contribution in [3.05, 3.63) is 41.1 Å². The number of benzene rings is 1. The van der Waals surface area contributed by atoms with E-state index in [9.17, 15) is 4.79 Å². The van der Waals surface area contributed by atoms with Crippen LogP contribution in [0.15, 0.2) is 35.0 Å². The molecular weight excluding hydrogens is 224 g/mol. The van der Waals surface area contributed by atoms with Crippen LogP contribution in [-0.4, -0.2) is 12.6 Å². The van der Waals surface area contributed by atoms with Crippen LogP contribution < -0.4 is 5.32 Å². The van der Waals surface area contributed by atoms with Crippen molar-refractivity contribution in [2.24, 2.45) is 4.99 Å². The molecule has 0 saturated carbocycles.